The molecule has 0 spiro atoms. The van der Waals surface area contributed by atoms with Crippen LogP contribution in [-0.2, 0) is 9.53 Å². The average molecular weight is 286 g/mol. The Labute approximate surface area is 120 Å². The molecule has 1 N–H and O–H groups in total. The highest BCUT2D eigenvalue weighted by Crippen LogP contribution is 2.28. The topological polar surface area (TPSA) is 70.1 Å². The lowest BCUT2D eigenvalue weighted by atomic mass is 9.99. The highest BCUT2D eigenvalue weighted by Gasteiger charge is 2.40. The van der Waals surface area contributed by atoms with Gasteiger partial charge in [0, 0.05) is 20.0 Å². The molecular formula is C14H26N2O4. The summed E-state index contributed by atoms with van der Waals surface area (Å²) in [7, 11) is 1.71. The Hall–Kier alpha value is -1.30. The molecule has 6 heteroatoms. The van der Waals surface area contributed by atoms with Gasteiger partial charge in [0.2, 0.25) is 0 Å². The van der Waals surface area contributed by atoms with E-state index in [2.05, 4.69) is 0 Å². The predicted molar refractivity (Wildman–Crippen MR) is 75.7 cm³/mol. The molecule has 20 heavy (non-hydrogen) atoms. The van der Waals surface area contributed by atoms with Crippen molar-refractivity contribution in [3.05, 3.63) is 0 Å². The first-order valence-electron chi connectivity index (χ1n) is 6.94. The highest BCUT2D eigenvalue weighted by atomic mass is 16.5. The third kappa shape index (κ3) is 5.00. The SMILES string of the molecule is CN(CCCC(=O)O)C(=O)N1CC(C)(C)OC(C)(C)C1. The maximum atomic E-state index is 12.4. The predicted octanol–water partition coefficient (Wildman–Crippen LogP) is 1.79. The largest absolute Gasteiger partial charge is 0.481 e. The number of urea groups is 1. The minimum Gasteiger partial charge on any atom is -0.481 e. The summed E-state index contributed by atoms with van der Waals surface area (Å²) >= 11 is 0. The van der Waals surface area contributed by atoms with Crippen LogP contribution < -0.4 is 0 Å². The van der Waals surface area contributed by atoms with Gasteiger partial charge in [-0.05, 0) is 34.1 Å². The summed E-state index contributed by atoms with van der Waals surface area (Å²) in [5.74, 6) is -0.834. The summed E-state index contributed by atoms with van der Waals surface area (Å²) in [6.45, 7) is 9.41. The van der Waals surface area contributed by atoms with E-state index in [9.17, 15) is 9.59 Å². The Morgan fingerprint density at radius 1 is 1.20 bits per heavy atom. The molecule has 0 atom stereocenters. The van der Waals surface area contributed by atoms with Gasteiger partial charge in [-0.3, -0.25) is 4.79 Å². The zero-order chi connectivity index (χ0) is 15.6. The number of carbonyl (C=O) groups excluding carboxylic acids is 1. The Kier molecular flexibility index (Phi) is 5.02. The maximum Gasteiger partial charge on any atom is 0.319 e. The Bertz CT molecular complexity index is 363. The number of rotatable bonds is 4. The van der Waals surface area contributed by atoms with Gasteiger partial charge in [0.15, 0.2) is 0 Å². The van der Waals surface area contributed by atoms with Gasteiger partial charge in [-0.25, -0.2) is 4.79 Å². The summed E-state index contributed by atoms with van der Waals surface area (Å²) in [6, 6.07) is -0.0696. The van der Waals surface area contributed by atoms with Crippen LogP contribution in [0.1, 0.15) is 40.5 Å². The van der Waals surface area contributed by atoms with Crippen molar-refractivity contribution in [1.29, 1.82) is 0 Å². The monoisotopic (exact) mass is 286 g/mol. The molecule has 116 valence electrons. The second kappa shape index (κ2) is 5.99. The molecule has 0 radical (unpaired) electrons. The fourth-order valence-electron chi connectivity index (χ4n) is 2.73. The van der Waals surface area contributed by atoms with Crippen molar-refractivity contribution in [3.8, 4) is 0 Å². The molecule has 1 aliphatic heterocycles. The normalized spacial score (nSPS) is 20.6. The molecule has 6 nitrogen and oxygen atoms in total. The van der Waals surface area contributed by atoms with Gasteiger partial charge in [-0.2, -0.15) is 0 Å². The van der Waals surface area contributed by atoms with Crippen LogP contribution in [-0.4, -0.2) is 64.8 Å². The molecule has 2 amide bonds. The zero-order valence-electron chi connectivity index (χ0n) is 13.1. The quantitative estimate of drug-likeness (QED) is 0.855. The van der Waals surface area contributed by atoms with Gasteiger partial charge >= 0.3 is 12.0 Å². The molecule has 0 aromatic heterocycles. The van der Waals surface area contributed by atoms with Crippen LogP contribution in [0.2, 0.25) is 0 Å². The molecule has 0 aromatic rings. The van der Waals surface area contributed by atoms with E-state index in [4.69, 9.17) is 9.84 Å². The molecule has 0 saturated carbocycles. The number of carbonyl (C=O) groups is 2. The number of carboxylic acids is 1. The fraction of sp³-hybridized carbons (Fsp3) is 0.857. The van der Waals surface area contributed by atoms with Gasteiger partial charge < -0.3 is 19.6 Å². The average Bonchev–Trinajstić information content (AvgIpc) is 2.22. The van der Waals surface area contributed by atoms with Crippen LogP contribution in [0.3, 0.4) is 0 Å². The van der Waals surface area contributed by atoms with Crippen LogP contribution in [0.4, 0.5) is 4.79 Å². The Balaban J connectivity index is 2.59. The number of aliphatic carboxylic acids is 1. The summed E-state index contributed by atoms with van der Waals surface area (Å²) in [5, 5.41) is 8.62. The summed E-state index contributed by atoms with van der Waals surface area (Å²) in [4.78, 5) is 26.3. The van der Waals surface area contributed by atoms with E-state index in [1.165, 1.54) is 0 Å². The van der Waals surface area contributed by atoms with Crippen LogP contribution in [0.25, 0.3) is 0 Å². The highest BCUT2D eigenvalue weighted by molar-refractivity contribution is 5.74. The molecule has 0 bridgehead atoms. The lowest BCUT2D eigenvalue weighted by Crippen LogP contribution is -2.60. The fourth-order valence-corrected chi connectivity index (χ4v) is 2.73. The van der Waals surface area contributed by atoms with E-state index in [1.807, 2.05) is 27.7 Å². The van der Waals surface area contributed by atoms with Gasteiger partial charge in [0.1, 0.15) is 0 Å². The third-order valence-electron chi connectivity index (χ3n) is 3.18. The molecular weight excluding hydrogens is 260 g/mol. The third-order valence-corrected chi connectivity index (χ3v) is 3.18. The summed E-state index contributed by atoms with van der Waals surface area (Å²) in [5.41, 5.74) is -0.751. The molecule has 0 unspecified atom stereocenters. The van der Waals surface area contributed by atoms with Crippen LogP contribution in [0.5, 0.6) is 0 Å². The first-order valence-corrected chi connectivity index (χ1v) is 6.94. The van der Waals surface area contributed by atoms with E-state index in [-0.39, 0.29) is 23.7 Å². The van der Waals surface area contributed by atoms with E-state index in [0.29, 0.717) is 26.1 Å². The van der Waals surface area contributed by atoms with Crippen molar-refractivity contribution < 1.29 is 19.4 Å². The second-order valence-corrected chi connectivity index (χ2v) is 6.68. The summed E-state index contributed by atoms with van der Waals surface area (Å²) in [6.07, 6.45) is 0.548. The van der Waals surface area contributed by atoms with Crippen molar-refractivity contribution in [1.82, 2.24) is 9.80 Å². The number of ether oxygens (including phenoxy) is 1. The Morgan fingerprint density at radius 3 is 2.15 bits per heavy atom. The first kappa shape index (κ1) is 16.8. The van der Waals surface area contributed by atoms with Crippen LogP contribution in [0.15, 0.2) is 0 Å². The second-order valence-electron chi connectivity index (χ2n) is 6.68. The van der Waals surface area contributed by atoms with Crippen molar-refractivity contribution in [3.63, 3.8) is 0 Å². The number of hydrogen-bond acceptors (Lipinski definition) is 3. The van der Waals surface area contributed by atoms with E-state index >= 15 is 0 Å². The van der Waals surface area contributed by atoms with E-state index < -0.39 is 5.97 Å². The zero-order valence-corrected chi connectivity index (χ0v) is 13.1. The molecule has 1 fully saturated rings. The number of nitrogens with zero attached hydrogens (tertiary/aromatic N) is 2. The lowest BCUT2D eigenvalue weighted by molar-refractivity contribution is -0.171. The van der Waals surface area contributed by atoms with Crippen LogP contribution in [0, 0.1) is 0 Å². The first-order chi connectivity index (χ1) is 9.02. The standard InChI is InChI=1S/C14H26N2O4/c1-13(2)9-16(10-14(3,4)20-13)12(19)15(5)8-6-7-11(17)18/h6-10H2,1-5H3,(H,17,18). The molecule has 1 saturated heterocycles. The smallest absolute Gasteiger partial charge is 0.319 e. The van der Waals surface area contributed by atoms with Crippen molar-refractivity contribution >= 4 is 12.0 Å². The van der Waals surface area contributed by atoms with Crippen molar-refractivity contribution in [2.75, 3.05) is 26.7 Å². The number of morpholine rings is 1. The van der Waals surface area contributed by atoms with Gasteiger partial charge in [-0.15, -0.1) is 0 Å². The summed E-state index contributed by atoms with van der Waals surface area (Å²) < 4.78 is 5.94. The molecule has 0 aromatic carbocycles. The van der Waals surface area contributed by atoms with Gasteiger partial charge in [0.05, 0.1) is 24.3 Å². The van der Waals surface area contributed by atoms with E-state index in [0.717, 1.165) is 0 Å². The molecule has 1 aliphatic rings. The van der Waals surface area contributed by atoms with Crippen LogP contribution >= 0.6 is 0 Å². The lowest BCUT2D eigenvalue weighted by Gasteiger charge is -2.47. The minimum absolute atomic E-state index is 0.0696. The van der Waals surface area contributed by atoms with E-state index in [1.54, 1.807) is 16.8 Å². The number of carboxylic acid groups (broad SMARTS) is 1. The minimum atomic E-state index is -0.834. The number of amides is 2. The maximum absolute atomic E-state index is 12.4. The number of hydrogen-bond donors (Lipinski definition) is 1. The molecule has 1 rings (SSSR count). The van der Waals surface area contributed by atoms with Crippen molar-refractivity contribution in [2.24, 2.45) is 0 Å². The molecule has 1 heterocycles. The Morgan fingerprint density at radius 2 is 1.70 bits per heavy atom. The van der Waals surface area contributed by atoms with Gasteiger partial charge in [0.25, 0.3) is 0 Å². The van der Waals surface area contributed by atoms with Crippen molar-refractivity contribution in [2.45, 2.75) is 51.7 Å². The van der Waals surface area contributed by atoms with Gasteiger partial charge in [-0.1, -0.05) is 0 Å². The molecule has 0 aliphatic carbocycles.